The Labute approximate surface area is 241 Å². The third-order valence-electron chi connectivity index (χ3n) is 7.05. The number of allylic oxidation sites excluding steroid dienone is 5. The van der Waals surface area contributed by atoms with Crippen LogP contribution in [0, 0.1) is 6.92 Å². The smallest absolute Gasteiger partial charge is 0.147 e. The number of fused-ring (bicyclic) bond motifs is 3. The summed E-state index contributed by atoms with van der Waals surface area (Å²) in [6, 6.07) is 26.5. The molecule has 0 N–H and O–H groups in total. The Hall–Kier alpha value is -2.16. The Morgan fingerprint density at radius 1 is 0.865 bits per heavy atom. The van der Waals surface area contributed by atoms with Crippen LogP contribution < -0.4 is 3.32 Å². The maximum absolute atomic E-state index is 7.21. The molecule has 0 spiro atoms. The van der Waals surface area contributed by atoms with Gasteiger partial charge in [0.2, 0.25) is 0 Å². The molecule has 0 bridgehead atoms. The largest absolute Gasteiger partial charge is 0.147 e. The van der Waals surface area contributed by atoms with Gasteiger partial charge in [-0.05, 0) is 0 Å². The number of hydrogen-bond donors (Lipinski definition) is 0. The molecule has 0 heterocycles. The number of aryl methyl sites for hydroxylation is 1. The van der Waals surface area contributed by atoms with E-state index in [0.717, 1.165) is 5.75 Å². The van der Waals surface area contributed by atoms with Gasteiger partial charge in [0.1, 0.15) is 0 Å². The summed E-state index contributed by atoms with van der Waals surface area (Å²) >= 11 is -2.44. The first kappa shape index (κ1) is 29.4. The Kier molecular flexibility index (Phi) is 8.98. The molecule has 2 aliphatic carbocycles. The van der Waals surface area contributed by atoms with Crippen LogP contribution >= 0.6 is 24.8 Å². The minimum absolute atomic E-state index is 0. The first-order valence-electron chi connectivity index (χ1n) is 12.4. The maximum atomic E-state index is 7.21. The Bertz CT molecular complexity index is 1420. The van der Waals surface area contributed by atoms with Gasteiger partial charge in [-0.3, -0.25) is 0 Å². The summed E-state index contributed by atoms with van der Waals surface area (Å²) in [7, 11) is 0. The first-order chi connectivity index (χ1) is 16.7. The van der Waals surface area contributed by atoms with Gasteiger partial charge in [-0.2, -0.15) is 0 Å². The minimum Gasteiger partial charge on any atom is -0.147 e. The average Bonchev–Trinajstić information content (AvgIpc) is 3.21. The van der Waals surface area contributed by atoms with Crippen LogP contribution in [0.25, 0.3) is 11.6 Å². The second kappa shape index (κ2) is 11.3. The van der Waals surface area contributed by atoms with Gasteiger partial charge in [0.25, 0.3) is 0 Å². The van der Waals surface area contributed by atoms with Crippen LogP contribution in [0.15, 0.2) is 96.6 Å². The van der Waals surface area contributed by atoms with Crippen LogP contribution in [0.1, 0.15) is 62.4 Å². The van der Waals surface area contributed by atoms with Crippen molar-refractivity contribution < 1.29 is 21.1 Å². The Balaban J connectivity index is 0.00000190. The van der Waals surface area contributed by atoms with Crippen LogP contribution in [0.5, 0.6) is 5.75 Å². The van der Waals surface area contributed by atoms with E-state index in [4.69, 9.17) is 3.32 Å². The molecule has 1 unspecified atom stereocenters. The van der Waals surface area contributed by atoms with E-state index in [9.17, 15) is 0 Å². The van der Waals surface area contributed by atoms with Crippen LogP contribution in [-0.2, 0) is 26.9 Å². The van der Waals surface area contributed by atoms with Crippen molar-refractivity contribution in [3.63, 3.8) is 0 Å². The molecule has 5 rings (SSSR count). The molecule has 4 heteroatoms. The van der Waals surface area contributed by atoms with Crippen molar-refractivity contribution in [1.82, 2.24) is 0 Å². The molecule has 0 radical (unpaired) electrons. The summed E-state index contributed by atoms with van der Waals surface area (Å²) in [6.07, 6.45) is 9.38. The molecule has 3 aromatic rings. The van der Waals surface area contributed by atoms with Crippen molar-refractivity contribution in [2.75, 3.05) is 0 Å². The van der Waals surface area contributed by atoms with Crippen molar-refractivity contribution in [1.29, 1.82) is 0 Å². The molecule has 192 valence electrons. The molecule has 0 saturated carbocycles. The monoisotopic (exact) mass is 566 g/mol. The zero-order valence-corrected chi connectivity index (χ0v) is 25.7. The quantitative estimate of drug-likeness (QED) is 0.286. The molecule has 0 amide bonds. The summed E-state index contributed by atoms with van der Waals surface area (Å²) in [5.74, 6) is 1.00. The summed E-state index contributed by atoms with van der Waals surface area (Å²) in [6.45, 7) is 13.5. The molecule has 3 aromatic carbocycles. The number of benzene rings is 3. The van der Waals surface area contributed by atoms with Gasteiger partial charge in [-0.25, -0.2) is 0 Å². The summed E-state index contributed by atoms with van der Waals surface area (Å²) in [5.41, 5.74) is 9.30. The summed E-state index contributed by atoms with van der Waals surface area (Å²) in [5, 5.41) is 0. The predicted molar refractivity (Wildman–Crippen MR) is 161 cm³/mol. The van der Waals surface area contributed by atoms with E-state index in [1.807, 2.05) is 0 Å². The van der Waals surface area contributed by atoms with Crippen molar-refractivity contribution in [2.24, 2.45) is 0 Å². The standard InChI is InChI=1S/C19H13.C11H16O.C3H6.2ClH.Ti/c1-2-7-14(8-3-1)16-11-6-12-18-17-10-5-4-9-15(17)13-19(16)18;1-8-5-9(11(2,3)4)7-10(12)6-8;1-3-2;;;/h1-13H;5-7,12H,1-4H3;1-2H3;2*1H;/q;;;;;+1/p-1. The SMILES string of the molecule is C[C](C)=[Ti]([O]c1cc(C)cc(C(C)(C)C)c1)[C]1(c2ccccc2)C=CC=C2C1=Cc1ccccc12.Cl.Cl. The van der Waals surface area contributed by atoms with Gasteiger partial charge >= 0.3 is 217 Å². The first-order valence-corrected chi connectivity index (χ1v) is 14.6. The van der Waals surface area contributed by atoms with Crippen molar-refractivity contribution >= 4 is 40.3 Å². The van der Waals surface area contributed by atoms with Crippen LogP contribution in [0.4, 0.5) is 0 Å². The third-order valence-corrected chi connectivity index (χ3v) is 11.4. The van der Waals surface area contributed by atoms with Gasteiger partial charge in [0.15, 0.2) is 0 Å². The van der Waals surface area contributed by atoms with Gasteiger partial charge in [-0.15, -0.1) is 24.8 Å². The fourth-order valence-electron chi connectivity index (χ4n) is 5.35. The van der Waals surface area contributed by atoms with E-state index in [1.54, 1.807) is 0 Å². The van der Waals surface area contributed by atoms with Gasteiger partial charge < -0.3 is 0 Å². The second-order valence-electron chi connectivity index (χ2n) is 11.0. The van der Waals surface area contributed by atoms with E-state index >= 15 is 0 Å². The second-order valence-corrected chi connectivity index (χ2v) is 15.1. The molecule has 37 heavy (non-hydrogen) atoms. The Morgan fingerprint density at radius 3 is 2.22 bits per heavy atom. The minimum atomic E-state index is -2.44. The van der Waals surface area contributed by atoms with Crippen LogP contribution in [0.3, 0.4) is 0 Å². The van der Waals surface area contributed by atoms with Crippen LogP contribution in [-0.4, -0.2) is 3.81 Å². The van der Waals surface area contributed by atoms with E-state index < -0.39 is 17.8 Å². The topological polar surface area (TPSA) is 9.23 Å². The summed E-state index contributed by atoms with van der Waals surface area (Å²) < 4.78 is 8.35. The van der Waals surface area contributed by atoms with Gasteiger partial charge in [0.05, 0.1) is 0 Å². The third kappa shape index (κ3) is 5.38. The summed E-state index contributed by atoms with van der Waals surface area (Å²) in [4.78, 5) is 0. The van der Waals surface area contributed by atoms with Gasteiger partial charge in [-0.1, -0.05) is 0 Å². The normalized spacial score (nSPS) is 17.4. The van der Waals surface area contributed by atoms with Crippen molar-refractivity contribution in [3.05, 3.63) is 124 Å². The van der Waals surface area contributed by atoms with Crippen LogP contribution in [0.2, 0.25) is 0 Å². The number of halogens is 2. The fourth-order valence-corrected chi connectivity index (χ4v) is 9.46. The van der Waals surface area contributed by atoms with Crippen molar-refractivity contribution in [3.8, 4) is 5.75 Å². The molecular weight excluding hydrogens is 531 g/mol. The average molecular weight is 567 g/mol. The zero-order valence-electron chi connectivity index (χ0n) is 22.5. The molecule has 1 atom stereocenters. The molecule has 0 fully saturated rings. The molecular formula is C33H36Cl2OTi. The fraction of sp³-hybridized carbons (Fsp3) is 0.242. The molecule has 2 aliphatic rings. The number of hydrogen-bond acceptors (Lipinski definition) is 1. The van der Waals surface area contributed by atoms with E-state index in [1.165, 1.54) is 42.8 Å². The van der Waals surface area contributed by atoms with E-state index in [2.05, 4.69) is 139 Å². The van der Waals surface area contributed by atoms with E-state index in [-0.39, 0.29) is 33.9 Å². The van der Waals surface area contributed by atoms with E-state index in [0.29, 0.717) is 0 Å². The maximum Gasteiger partial charge on any atom is -0.147 e. The molecule has 1 nitrogen and oxygen atoms in total. The number of rotatable bonds is 4. The zero-order chi connectivity index (χ0) is 24.8. The predicted octanol–water partition coefficient (Wildman–Crippen LogP) is 9.21. The molecule has 0 saturated heterocycles. The molecule has 0 aromatic heterocycles. The van der Waals surface area contributed by atoms with Gasteiger partial charge in [0, 0.05) is 0 Å². The Morgan fingerprint density at radius 2 is 1.54 bits per heavy atom. The van der Waals surface area contributed by atoms with Crippen molar-refractivity contribution in [2.45, 2.75) is 50.7 Å². The molecule has 0 aliphatic heterocycles.